The zero-order valence-corrected chi connectivity index (χ0v) is 10.4. The average molecular weight is 250 g/mol. The highest BCUT2D eigenvalue weighted by molar-refractivity contribution is 5.97. The first kappa shape index (κ1) is 12.3. The highest BCUT2D eigenvalue weighted by Gasteiger charge is 2.28. The van der Waals surface area contributed by atoms with Crippen LogP contribution in [0, 0.1) is 0 Å². The van der Waals surface area contributed by atoms with Crippen LogP contribution >= 0.6 is 0 Å². The molecule has 0 aliphatic carbocycles. The number of rotatable bonds is 1. The molecule has 1 aromatic rings. The topological polar surface area (TPSA) is 76.0 Å². The Morgan fingerprint density at radius 3 is 2.67 bits per heavy atom. The van der Waals surface area contributed by atoms with E-state index >= 15 is 0 Å². The predicted octanol–water partition coefficient (Wildman–Crippen LogP) is 2.07. The Balaban J connectivity index is 2.62. The molecule has 1 aliphatic rings. The summed E-state index contributed by atoms with van der Waals surface area (Å²) < 4.78 is 10.1. The Labute approximate surface area is 104 Å². The van der Waals surface area contributed by atoms with Gasteiger partial charge in [0, 0.05) is 6.07 Å². The van der Waals surface area contributed by atoms with Gasteiger partial charge in [0.15, 0.2) is 0 Å². The van der Waals surface area contributed by atoms with Gasteiger partial charge in [0.05, 0.1) is 12.7 Å². The molecule has 0 atom stereocenters. The summed E-state index contributed by atoms with van der Waals surface area (Å²) in [6.45, 7) is 3.68. The summed E-state index contributed by atoms with van der Waals surface area (Å²) >= 11 is 0. The van der Waals surface area contributed by atoms with E-state index in [9.17, 15) is 15.0 Å². The van der Waals surface area contributed by atoms with E-state index in [0.717, 1.165) is 0 Å². The minimum atomic E-state index is -0.800. The average Bonchev–Trinajstić information content (AvgIpc) is 2.26. The van der Waals surface area contributed by atoms with Crippen molar-refractivity contribution in [1.29, 1.82) is 0 Å². The van der Waals surface area contributed by atoms with Gasteiger partial charge >= 0.3 is 5.97 Å². The summed E-state index contributed by atoms with van der Waals surface area (Å²) in [6.07, 6.45) is 3.41. The van der Waals surface area contributed by atoms with Gasteiger partial charge in [-0.2, -0.15) is 0 Å². The Morgan fingerprint density at radius 2 is 2.06 bits per heavy atom. The van der Waals surface area contributed by atoms with E-state index in [1.165, 1.54) is 13.2 Å². The lowest BCUT2D eigenvalue weighted by atomic mass is 9.99. The van der Waals surface area contributed by atoms with Gasteiger partial charge in [-0.3, -0.25) is 0 Å². The van der Waals surface area contributed by atoms with E-state index in [1.54, 1.807) is 12.2 Å². The molecule has 0 amide bonds. The normalized spacial score (nSPS) is 15.7. The van der Waals surface area contributed by atoms with Crippen molar-refractivity contribution in [2.45, 2.75) is 19.4 Å². The highest BCUT2D eigenvalue weighted by Crippen LogP contribution is 2.42. The smallest absolute Gasteiger partial charge is 0.345 e. The fraction of sp³-hybridized carbons (Fsp3) is 0.308. The molecule has 0 saturated heterocycles. The summed E-state index contributed by atoms with van der Waals surface area (Å²) in [4.78, 5) is 11.5. The van der Waals surface area contributed by atoms with E-state index in [4.69, 9.17) is 4.74 Å². The molecule has 0 fully saturated rings. The van der Waals surface area contributed by atoms with Crippen molar-refractivity contribution >= 4 is 12.0 Å². The first-order valence-corrected chi connectivity index (χ1v) is 5.41. The van der Waals surface area contributed by atoms with Crippen LogP contribution in [0.15, 0.2) is 12.1 Å². The molecule has 0 radical (unpaired) electrons. The summed E-state index contributed by atoms with van der Waals surface area (Å²) in [6, 6.07) is 1.30. The van der Waals surface area contributed by atoms with E-state index in [2.05, 4.69) is 4.74 Å². The minimum absolute atomic E-state index is 0.260. The molecule has 0 unspecified atom stereocenters. The number of hydrogen-bond donors (Lipinski definition) is 2. The Morgan fingerprint density at radius 1 is 1.39 bits per heavy atom. The molecule has 0 saturated carbocycles. The number of carbonyl (C=O) groups excluding carboxylic acids is 1. The van der Waals surface area contributed by atoms with Crippen LogP contribution in [-0.2, 0) is 4.74 Å². The monoisotopic (exact) mass is 250 g/mol. The molecular weight excluding hydrogens is 236 g/mol. The molecule has 2 rings (SSSR count). The van der Waals surface area contributed by atoms with Crippen LogP contribution < -0.4 is 4.74 Å². The van der Waals surface area contributed by atoms with Crippen molar-refractivity contribution in [2.75, 3.05) is 7.11 Å². The Bertz CT molecular complexity index is 543. The molecular formula is C13H14O5. The van der Waals surface area contributed by atoms with Crippen LogP contribution in [0.5, 0.6) is 17.2 Å². The molecule has 5 nitrogen and oxygen atoms in total. The second-order valence-electron chi connectivity index (χ2n) is 4.56. The summed E-state index contributed by atoms with van der Waals surface area (Å²) in [5, 5.41) is 19.7. The van der Waals surface area contributed by atoms with Gasteiger partial charge in [-0.25, -0.2) is 4.79 Å². The third kappa shape index (κ3) is 1.88. The maximum Gasteiger partial charge on any atom is 0.345 e. The van der Waals surface area contributed by atoms with E-state index < -0.39 is 11.6 Å². The van der Waals surface area contributed by atoms with Crippen LogP contribution in [0.4, 0.5) is 0 Å². The minimum Gasteiger partial charge on any atom is -0.507 e. The maximum absolute atomic E-state index is 11.5. The number of carbonyl (C=O) groups is 1. The van der Waals surface area contributed by atoms with Crippen molar-refractivity contribution in [1.82, 2.24) is 0 Å². The fourth-order valence-electron chi connectivity index (χ4n) is 1.80. The van der Waals surface area contributed by atoms with Gasteiger partial charge in [-0.05, 0) is 26.0 Å². The number of benzene rings is 1. The summed E-state index contributed by atoms with van der Waals surface area (Å²) in [5.41, 5.74) is -0.435. The largest absolute Gasteiger partial charge is 0.507 e. The Hall–Kier alpha value is -2.17. The molecule has 1 heterocycles. The Kier molecular flexibility index (Phi) is 2.69. The lowest BCUT2D eigenvalue weighted by Crippen LogP contribution is -2.27. The second kappa shape index (κ2) is 3.94. The highest BCUT2D eigenvalue weighted by atomic mass is 16.5. The van der Waals surface area contributed by atoms with E-state index in [1.807, 2.05) is 13.8 Å². The van der Waals surface area contributed by atoms with E-state index in [0.29, 0.717) is 11.3 Å². The maximum atomic E-state index is 11.5. The zero-order chi connectivity index (χ0) is 13.5. The van der Waals surface area contributed by atoms with Crippen molar-refractivity contribution in [3.05, 3.63) is 23.3 Å². The van der Waals surface area contributed by atoms with Crippen molar-refractivity contribution in [3.8, 4) is 17.2 Å². The van der Waals surface area contributed by atoms with Crippen molar-refractivity contribution in [3.63, 3.8) is 0 Å². The number of esters is 1. The van der Waals surface area contributed by atoms with Crippen molar-refractivity contribution in [2.24, 2.45) is 0 Å². The quantitative estimate of drug-likeness (QED) is 0.746. The van der Waals surface area contributed by atoms with Gasteiger partial charge in [-0.15, -0.1) is 0 Å². The number of phenolic OH excluding ortho intramolecular Hbond substituents is 2. The van der Waals surface area contributed by atoms with Crippen LogP contribution in [0.2, 0.25) is 0 Å². The van der Waals surface area contributed by atoms with E-state index in [-0.39, 0.29) is 17.1 Å². The number of hydrogen-bond acceptors (Lipinski definition) is 5. The third-order valence-corrected chi connectivity index (χ3v) is 2.70. The molecule has 96 valence electrons. The van der Waals surface area contributed by atoms with Crippen LogP contribution in [0.1, 0.15) is 29.8 Å². The van der Waals surface area contributed by atoms with Crippen molar-refractivity contribution < 1.29 is 24.5 Å². The third-order valence-electron chi connectivity index (χ3n) is 2.70. The SMILES string of the molecule is COC(=O)c1c(O)cc2c(c1O)C=CC(C)(C)O2. The number of aromatic hydroxyl groups is 2. The number of fused-ring (bicyclic) bond motifs is 1. The molecule has 1 aliphatic heterocycles. The standard InChI is InChI=1S/C13H14O5/c1-13(2)5-4-7-9(18-13)6-8(14)10(11(7)15)12(16)17-3/h4-6,14-15H,1-3H3. The molecule has 1 aromatic carbocycles. The van der Waals surface area contributed by atoms with Gasteiger partial charge in [0.25, 0.3) is 0 Å². The predicted molar refractivity (Wildman–Crippen MR) is 64.9 cm³/mol. The molecule has 0 spiro atoms. The molecule has 0 bridgehead atoms. The summed E-state index contributed by atoms with van der Waals surface area (Å²) in [7, 11) is 1.18. The van der Waals surface area contributed by atoms with Gasteiger partial charge in [0.1, 0.15) is 28.4 Å². The zero-order valence-electron chi connectivity index (χ0n) is 10.4. The second-order valence-corrected chi connectivity index (χ2v) is 4.56. The van der Waals surface area contributed by atoms with Gasteiger partial charge in [0.2, 0.25) is 0 Å². The lowest BCUT2D eigenvalue weighted by Gasteiger charge is -2.28. The van der Waals surface area contributed by atoms with Crippen LogP contribution in [0.3, 0.4) is 0 Å². The fourth-order valence-corrected chi connectivity index (χ4v) is 1.80. The number of ether oxygens (including phenoxy) is 2. The van der Waals surface area contributed by atoms with Gasteiger partial charge in [-0.1, -0.05) is 0 Å². The van der Waals surface area contributed by atoms with Gasteiger partial charge < -0.3 is 19.7 Å². The van der Waals surface area contributed by atoms with Crippen LogP contribution in [0.25, 0.3) is 6.08 Å². The van der Waals surface area contributed by atoms with Crippen LogP contribution in [-0.4, -0.2) is 28.9 Å². The lowest BCUT2D eigenvalue weighted by molar-refractivity contribution is 0.0593. The molecule has 5 heteroatoms. The number of phenols is 2. The number of methoxy groups -OCH3 is 1. The summed E-state index contributed by atoms with van der Waals surface area (Å²) in [5.74, 6) is -1.19. The molecule has 18 heavy (non-hydrogen) atoms. The first-order valence-electron chi connectivity index (χ1n) is 5.41. The first-order chi connectivity index (χ1) is 8.35. The molecule has 0 aromatic heterocycles. The molecule has 2 N–H and O–H groups in total.